The highest BCUT2D eigenvalue weighted by molar-refractivity contribution is 5.93. The van der Waals surface area contributed by atoms with Gasteiger partial charge < -0.3 is 30.2 Å². The monoisotopic (exact) mass is 433 g/mol. The maximum absolute atomic E-state index is 12.7. The lowest BCUT2D eigenvalue weighted by Crippen LogP contribution is -2.53. The highest BCUT2D eigenvalue weighted by atomic mass is 16.6. The summed E-state index contributed by atoms with van der Waals surface area (Å²) in [6.45, 7) is 8.64. The van der Waals surface area contributed by atoms with Crippen LogP contribution in [0.2, 0.25) is 0 Å². The van der Waals surface area contributed by atoms with Crippen LogP contribution in [0, 0.1) is 11.3 Å². The van der Waals surface area contributed by atoms with E-state index in [1.54, 1.807) is 18.9 Å². The van der Waals surface area contributed by atoms with E-state index in [-0.39, 0.29) is 42.1 Å². The molecule has 0 aliphatic carbocycles. The molecule has 0 saturated carbocycles. The molecule has 2 amide bonds. The number of hydrogen-bond acceptors (Lipinski definition) is 8. The number of nitrogens with one attached hydrogen (secondary N) is 1. The van der Waals surface area contributed by atoms with E-state index in [0.717, 1.165) is 0 Å². The number of hydrogen-bond donors (Lipinski definition) is 2. The van der Waals surface area contributed by atoms with Gasteiger partial charge in [0.15, 0.2) is 0 Å². The summed E-state index contributed by atoms with van der Waals surface area (Å²) in [5.41, 5.74) is 4.98. The van der Waals surface area contributed by atoms with Gasteiger partial charge in [-0.3, -0.25) is 4.79 Å². The van der Waals surface area contributed by atoms with E-state index in [2.05, 4.69) is 10.3 Å². The number of piperidine rings is 1. The third-order valence-electron chi connectivity index (χ3n) is 4.97. The number of nitrogens with zero attached hydrogens (tertiary/aromatic N) is 3. The Morgan fingerprint density at radius 2 is 2.00 bits per heavy atom. The lowest BCUT2D eigenvalue weighted by atomic mass is 9.91. The van der Waals surface area contributed by atoms with Gasteiger partial charge in [-0.1, -0.05) is 0 Å². The van der Waals surface area contributed by atoms with Crippen LogP contribution >= 0.6 is 0 Å². The number of carbonyl (C=O) groups excluding carboxylic acids is 2. The third-order valence-corrected chi connectivity index (χ3v) is 4.97. The number of nitrogen functional groups attached to an aromatic ring is 1. The molecule has 1 aliphatic rings. The van der Waals surface area contributed by atoms with Crippen molar-refractivity contribution in [1.82, 2.24) is 15.2 Å². The van der Waals surface area contributed by atoms with E-state index >= 15 is 0 Å². The van der Waals surface area contributed by atoms with E-state index in [1.165, 1.54) is 6.07 Å². The van der Waals surface area contributed by atoms with Crippen LogP contribution in [0.1, 0.15) is 56.6 Å². The smallest absolute Gasteiger partial charge is 0.410 e. The van der Waals surface area contributed by atoms with Gasteiger partial charge >= 0.3 is 6.09 Å². The largest absolute Gasteiger partial charge is 0.477 e. The molecule has 0 spiro atoms. The fraction of sp³-hybridized carbons (Fsp3) is 0.619. The number of methoxy groups -OCH3 is 1. The van der Waals surface area contributed by atoms with Crippen LogP contribution < -0.4 is 15.8 Å². The number of likely N-dealkylation sites (tertiary alicyclic amines) is 1. The molecule has 1 saturated heterocycles. The first-order valence-electron chi connectivity index (χ1n) is 10.2. The molecule has 0 atom stereocenters. The predicted molar refractivity (Wildman–Crippen MR) is 114 cm³/mol. The summed E-state index contributed by atoms with van der Waals surface area (Å²) in [6.07, 6.45) is 0.716. The lowest BCUT2D eigenvalue weighted by Gasteiger charge is -2.41. The van der Waals surface area contributed by atoms with Crippen molar-refractivity contribution in [3.63, 3.8) is 0 Å². The van der Waals surface area contributed by atoms with Gasteiger partial charge in [0.25, 0.3) is 5.91 Å². The second-order valence-electron chi connectivity index (χ2n) is 8.36. The molecule has 3 N–H and O–H groups in total. The third kappa shape index (κ3) is 6.21. The average molecular weight is 434 g/mol. The number of carbonyl (C=O) groups is 2. The second-order valence-corrected chi connectivity index (χ2v) is 8.36. The average Bonchev–Trinajstić information content (AvgIpc) is 2.71. The molecule has 0 unspecified atom stereocenters. The first-order chi connectivity index (χ1) is 14.5. The molecule has 0 bridgehead atoms. The molecule has 2 heterocycles. The highest BCUT2D eigenvalue weighted by Gasteiger charge is 2.37. The molecular formula is C21H31N5O5. The Bertz CT molecular complexity index is 851. The Labute approximate surface area is 182 Å². The first kappa shape index (κ1) is 24.2. The number of pyridine rings is 1. The normalized spacial score (nSPS) is 15.7. The van der Waals surface area contributed by atoms with Gasteiger partial charge in [-0.2, -0.15) is 5.26 Å². The SMILES string of the molecule is CCOc1nc(C(=O)NCC2(OC)CCN(C(=O)OC(C)(C)C)CC2)cc(N)c1C#N. The predicted octanol–water partition coefficient (Wildman–Crippen LogP) is 2.08. The summed E-state index contributed by atoms with van der Waals surface area (Å²) >= 11 is 0. The zero-order chi connectivity index (χ0) is 23.2. The molecule has 10 nitrogen and oxygen atoms in total. The van der Waals surface area contributed by atoms with Crippen molar-refractivity contribution < 1.29 is 23.8 Å². The van der Waals surface area contributed by atoms with Gasteiger partial charge in [0.1, 0.15) is 22.9 Å². The van der Waals surface area contributed by atoms with E-state index in [9.17, 15) is 14.9 Å². The van der Waals surface area contributed by atoms with Gasteiger partial charge in [0.05, 0.1) is 17.9 Å². The molecule has 0 aromatic carbocycles. The van der Waals surface area contributed by atoms with Gasteiger partial charge in [0.2, 0.25) is 5.88 Å². The van der Waals surface area contributed by atoms with E-state index < -0.39 is 17.1 Å². The van der Waals surface area contributed by atoms with Crippen LogP contribution in [0.4, 0.5) is 10.5 Å². The van der Waals surface area contributed by atoms with Crippen molar-refractivity contribution in [1.29, 1.82) is 5.26 Å². The van der Waals surface area contributed by atoms with Crippen molar-refractivity contribution in [2.75, 3.05) is 39.1 Å². The topological polar surface area (TPSA) is 140 Å². The van der Waals surface area contributed by atoms with Crippen LogP contribution in [0.5, 0.6) is 5.88 Å². The first-order valence-corrected chi connectivity index (χ1v) is 10.2. The number of ether oxygens (including phenoxy) is 3. The fourth-order valence-electron chi connectivity index (χ4n) is 3.22. The summed E-state index contributed by atoms with van der Waals surface area (Å²) in [5, 5.41) is 12.0. The van der Waals surface area contributed by atoms with E-state index in [4.69, 9.17) is 19.9 Å². The standard InChI is InChI=1S/C21H31N5O5/c1-6-30-18-14(12-22)15(23)11-16(25-18)17(27)24-13-21(29-5)7-9-26(10-8-21)19(28)31-20(2,3)4/h11H,6-10,13H2,1-5H3,(H2,23,25)(H,24,27). The number of nitrogens with two attached hydrogens (primary N) is 1. The number of aromatic nitrogens is 1. The van der Waals surface area contributed by atoms with Crippen LogP contribution in [0.3, 0.4) is 0 Å². The highest BCUT2D eigenvalue weighted by Crippen LogP contribution is 2.27. The van der Waals surface area contributed by atoms with Gasteiger partial charge in [-0.05, 0) is 46.6 Å². The van der Waals surface area contributed by atoms with Crippen molar-refractivity contribution in [2.45, 2.75) is 51.7 Å². The lowest BCUT2D eigenvalue weighted by molar-refractivity contribution is -0.0577. The van der Waals surface area contributed by atoms with Crippen molar-refractivity contribution >= 4 is 17.7 Å². The molecule has 0 radical (unpaired) electrons. The maximum atomic E-state index is 12.7. The van der Waals surface area contributed by atoms with Crippen LogP contribution in [0.25, 0.3) is 0 Å². The summed E-state index contributed by atoms with van der Waals surface area (Å²) in [4.78, 5) is 30.7. The van der Waals surface area contributed by atoms with Gasteiger partial charge in [-0.15, -0.1) is 0 Å². The fourth-order valence-corrected chi connectivity index (χ4v) is 3.22. The summed E-state index contributed by atoms with van der Waals surface area (Å²) in [7, 11) is 1.58. The minimum atomic E-state index is -0.616. The Balaban J connectivity index is 2.02. The summed E-state index contributed by atoms with van der Waals surface area (Å²) < 4.78 is 16.5. The zero-order valence-electron chi connectivity index (χ0n) is 18.8. The van der Waals surface area contributed by atoms with Gasteiger partial charge in [-0.25, -0.2) is 9.78 Å². The van der Waals surface area contributed by atoms with Crippen LogP contribution in [-0.4, -0.2) is 66.4 Å². The molecule has 2 rings (SSSR count). The van der Waals surface area contributed by atoms with Crippen LogP contribution in [-0.2, 0) is 9.47 Å². The number of rotatable bonds is 6. The van der Waals surface area contributed by atoms with Crippen molar-refractivity contribution in [3.05, 3.63) is 17.3 Å². The molecule has 1 aromatic rings. The molecular weight excluding hydrogens is 402 g/mol. The van der Waals surface area contributed by atoms with Crippen LogP contribution in [0.15, 0.2) is 6.07 Å². The second kappa shape index (κ2) is 9.83. The molecule has 31 heavy (non-hydrogen) atoms. The van der Waals surface area contributed by atoms with E-state index in [0.29, 0.717) is 25.9 Å². The maximum Gasteiger partial charge on any atom is 0.410 e. The molecule has 170 valence electrons. The van der Waals surface area contributed by atoms with Crippen molar-refractivity contribution in [2.24, 2.45) is 0 Å². The van der Waals surface area contributed by atoms with E-state index in [1.807, 2.05) is 26.8 Å². The number of anilines is 1. The quantitative estimate of drug-likeness (QED) is 0.695. The molecule has 1 aliphatic heterocycles. The Hall–Kier alpha value is -3.06. The summed E-state index contributed by atoms with van der Waals surface area (Å²) in [5.74, 6) is -0.426. The molecule has 10 heteroatoms. The minimum absolute atomic E-state index is 0.0299. The Morgan fingerprint density at radius 3 is 2.52 bits per heavy atom. The Kier molecular flexibility index (Phi) is 7.68. The summed E-state index contributed by atoms with van der Waals surface area (Å²) in [6, 6.07) is 3.28. The number of nitriles is 1. The Morgan fingerprint density at radius 1 is 1.35 bits per heavy atom. The molecule has 1 fully saturated rings. The zero-order valence-corrected chi connectivity index (χ0v) is 18.8. The minimum Gasteiger partial charge on any atom is -0.477 e. The number of amides is 2. The molecule has 1 aromatic heterocycles. The van der Waals surface area contributed by atoms with Gasteiger partial charge in [0, 0.05) is 26.7 Å². The van der Waals surface area contributed by atoms with Crippen molar-refractivity contribution in [3.8, 4) is 11.9 Å².